The van der Waals surface area contributed by atoms with E-state index in [0.717, 1.165) is 53.8 Å². The number of benzene rings is 3. The Morgan fingerprint density at radius 1 is 0.861 bits per heavy atom. The molecule has 0 N–H and O–H groups in total. The molecule has 0 aliphatic heterocycles. The molecule has 0 unspecified atom stereocenters. The Balaban J connectivity index is 1.42. The third-order valence-electron chi connectivity index (χ3n) is 5.84. The van der Waals surface area contributed by atoms with Crippen LogP contribution in [0.3, 0.4) is 0 Å². The van der Waals surface area contributed by atoms with Gasteiger partial charge < -0.3 is 0 Å². The number of rotatable bonds is 6. The van der Waals surface area contributed by atoms with Crippen molar-refractivity contribution in [2.45, 2.75) is 13.5 Å². The highest BCUT2D eigenvalue weighted by Gasteiger charge is 2.21. The van der Waals surface area contributed by atoms with Gasteiger partial charge in [-0.25, -0.2) is 14.3 Å². The minimum Gasteiger partial charge on any atom is -0.247 e. The number of thiazole rings is 1. The Morgan fingerprint density at radius 2 is 1.58 bits per heavy atom. The van der Waals surface area contributed by atoms with Crippen LogP contribution in [0.1, 0.15) is 11.3 Å². The third-order valence-corrected chi connectivity index (χ3v) is 7.58. The van der Waals surface area contributed by atoms with Gasteiger partial charge in [0.2, 0.25) is 0 Å². The molecule has 36 heavy (non-hydrogen) atoms. The van der Waals surface area contributed by atoms with E-state index >= 15 is 0 Å². The fourth-order valence-electron chi connectivity index (χ4n) is 4.04. The van der Waals surface area contributed by atoms with Crippen molar-refractivity contribution in [1.29, 1.82) is 0 Å². The van der Waals surface area contributed by atoms with Crippen LogP contribution < -0.4 is 0 Å². The zero-order chi connectivity index (χ0) is 24.5. The van der Waals surface area contributed by atoms with E-state index in [1.54, 1.807) is 11.3 Å². The summed E-state index contributed by atoms with van der Waals surface area (Å²) in [5, 5.41) is 14.9. The lowest BCUT2D eigenvalue weighted by atomic mass is 10.1. The third kappa shape index (κ3) is 4.53. The van der Waals surface area contributed by atoms with Gasteiger partial charge in [-0.3, -0.25) is 0 Å². The van der Waals surface area contributed by atoms with Gasteiger partial charge in [-0.2, -0.15) is 5.10 Å². The summed E-state index contributed by atoms with van der Waals surface area (Å²) in [6.07, 6.45) is 4.01. The zero-order valence-electron chi connectivity index (χ0n) is 19.4. The molecule has 0 aliphatic rings. The SMILES string of the molecule is Cc1nc(-c2ccccc2)sc1-c1nn(-c2ccccc2)cc1-c1cn(Cc2ccc(Br)cc2)nn1. The fourth-order valence-corrected chi connectivity index (χ4v) is 5.37. The molecule has 0 amide bonds. The Morgan fingerprint density at radius 3 is 2.33 bits per heavy atom. The Hall–Kier alpha value is -3.88. The van der Waals surface area contributed by atoms with Crippen molar-refractivity contribution in [3.8, 4) is 38.1 Å². The van der Waals surface area contributed by atoms with Crippen LogP contribution in [-0.2, 0) is 6.54 Å². The molecule has 6 rings (SSSR count). The van der Waals surface area contributed by atoms with Crippen LogP contribution in [0, 0.1) is 6.92 Å². The van der Waals surface area contributed by atoms with Crippen LogP contribution in [0.4, 0.5) is 0 Å². The van der Waals surface area contributed by atoms with Crippen LogP contribution in [0.25, 0.3) is 38.1 Å². The van der Waals surface area contributed by atoms with Crippen LogP contribution >= 0.6 is 27.3 Å². The van der Waals surface area contributed by atoms with Gasteiger partial charge in [-0.1, -0.05) is 81.8 Å². The first-order valence-electron chi connectivity index (χ1n) is 11.5. The molecule has 6 aromatic rings. The van der Waals surface area contributed by atoms with Crippen LogP contribution in [-0.4, -0.2) is 29.8 Å². The van der Waals surface area contributed by atoms with E-state index in [-0.39, 0.29) is 0 Å². The second-order valence-electron chi connectivity index (χ2n) is 8.40. The van der Waals surface area contributed by atoms with Gasteiger partial charge in [0.1, 0.15) is 16.4 Å². The summed E-state index contributed by atoms with van der Waals surface area (Å²) in [6, 6.07) is 28.6. The van der Waals surface area contributed by atoms with Crippen LogP contribution in [0.5, 0.6) is 0 Å². The van der Waals surface area contributed by atoms with Crippen molar-refractivity contribution in [3.05, 3.63) is 113 Å². The Bertz CT molecular complexity index is 1620. The molecule has 176 valence electrons. The summed E-state index contributed by atoms with van der Waals surface area (Å²) >= 11 is 5.14. The summed E-state index contributed by atoms with van der Waals surface area (Å²) < 4.78 is 4.81. The molecule has 3 aromatic heterocycles. The number of nitrogens with zero attached hydrogens (tertiary/aromatic N) is 6. The van der Waals surface area contributed by atoms with Crippen LogP contribution in [0.2, 0.25) is 0 Å². The second-order valence-corrected chi connectivity index (χ2v) is 10.3. The minimum atomic E-state index is 0.639. The van der Waals surface area contributed by atoms with Gasteiger partial charge in [0.15, 0.2) is 0 Å². The highest BCUT2D eigenvalue weighted by molar-refractivity contribution is 9.10. The van der Waals surface area contributed by atoms with E-state index in [2.05, 4.69) is 50.5 Å². The summed E-state index contributed by atoms with van der Waals surface area (Å²) in [5.41, 5.74) is 6.73. The van der Waals surface area contributed by atoms with Gasteiger partial charge in [0, 0.05) is 16.2 Å². The molecular weight excluding hydrogens is 532 g/mol. The summed E-state index contributed by atoms with van der Waals surface area (Å²) in [6.45, 7) is 2.67. The number of hydrogen-bond acceptors (Lipinski definition) is 5. The van der Waals surface area contributed by atoms with Crippen molar-refractivity contribution in [3.63, 3.8) is 0 Å². The van der Waals surface area contributed by atoms with E-state index in [0.29, 0.717) is 6.54 Å². The molecule has 0 radical (unpaired) electrons. The summed E-state index contributed by atoms with van der Waals surface area (Å²) in [7, 11) is 0. The average molecular weight is 553 g/mol. The first-order valence-corrected chi connectivity index (χ1v) is 13.1. The number of hydrogen-bond donors (Lipinski definition) is 0. The molecule has 6 nitrogen and oxygen atoms in total. The maximum absolute atomic E-state index is 5.00. The van der Waals surface area contributed by atoms with Gasteiger partial charge >= 0.3 is 0 Å². The molecule has 3 heterocycles. The largest absolute Gasteiger partial charge is 0.247 e. The molecule has 0 fully saturated rings. The van der Waals surface area contributed by atoms with Crippen molar-refractivity contribution in [1.82, 2.24) is 29.8 Å². The fraction of sp³-hybridized carbons (Fsp3) is 0.0714. The molecule has 8 heteroatoms. The van der Waals surface area contributed by atoms with Gasteiger partial charge in [0.05, 0.1) is 34.6 Å². The molecule has 0 spiro atoms. The summed E-state index contributed by atoms with van der Waals surface area (Å²) in [5.74, 6) is 0. The molecule has 0 saturated heterocycles. The molecule has 0 aliphatic carbocycles. The van der Waals surface area contributed by atoms with Crippen molar-refractivity contribution >= 4 is 27.3 Å². The highest BCUT2D eigenvalue weighted by Crippen LogP contribution is 2.39. The lowest BCUT2D eigenvalue weighted by molar-refractivity contribution is 0.650. The van der Waals surface area contributed by atoms with Crippen molar-refractivity contribution < 1.29 is 0 Å². The topological polar surface area (TPSA) is 61.4 Å². The summed E-state index contributed by atoms with van der Waals surface area (Å²) in [4.78, 5) is 5.90. The van der Waals surface area contributed by atoms with Crippen molar-refractivity contribution in [2.75, 3.05) is 0 Å². The molecule has 0 atom stereocenters. The number of aromatic nitrogens is 6. The van der Waals surface area contributed by atoms with Crippen molar-refractivity contribution in [2.24, 2.45) is 0 Å². The maximum Gasteiger partial charge on any atom is 0.124 e. The van der Waals surface area contributed by atoms with Gasteiger partial charge in [-0.05, 0) is 36.8 Å². The van der Waals surface area contributed by atoms with E-state index in [1.807, 2.05) is 89.3 Å². The van der Waals surface area contributed by atoms with E-state index in [9.17, 15) is 0 Å². The van der Waals surface area contributed by atoms with Gasteiger partial charge in [-0.15, -0.1) is 16.4 Å². The minimum absolute atomic E-state index is 0.639. The monoisotopic (exact) mass is 552 g/mol. The van der Waals surface area contributed by atoms with Crippen LogP contribution in [0.15, 0.2) is 102 Å². The molecule has 3 aromatic carbocycles. The molecule has 0 saturated carbocycles. The van der Waals surface area contributed by atoms with E-state index < -0.39 is 0 Å². The Kier molecular flexibility index (Phi) is 6.04. The average Bonchev–Trinajstić information content (AvgIpc) is 3.65. The van der Waals surface area contributed by atoms with E-state index in [1.165, 1.54) is 0 Å². The number of halogens is 1. The first-order chi connectivity index (χ1) is 17.6. The van der Waals surface area contributed by atoms with E-state index in [4.69, 9.17) is 10.1 Å². The second kappa shape index (κ2) is 9.64. The zero-order valence-corrected chi connectivity index (χ0v) is 21.8. The lowest BCUT2D eigenvalue weighted by Crippen LogP contribution is -1.99. The molecular formula is C28H21BrN6S. The molecule has 0 bridgehead atoms. The lowest BCUT2D eigenvalue weighted by Gasteiger charge is -2.00. The smallest absolute Gasteiger partial charge is 0.124 e. The van der Waals surface area contributed by atoms with Gasteiger partial charge in [0.25, 0.3) is 0 Å². The predicted molar refractivity (Wildman–Crippen MR) is 147 cm³/mol. The number of para-hydroxylation sites is 1. The Labute approximate surface area is 221 Å². The standard InChI is InChI=1S/C28H21BrN6S/c1-19-27(36-28(30-19)21-8-4-2-5-9-21)26-24(17-35(32-26)23-10-6-3-7-11-23)25-18-34(33-31-25)16-20-12-14-22(29)15-13-20/h2-15,17-18H,16H2,1H3. The maximum atomic E-state index is 5.00. The normalized spacial score (nSPS) is 11.2. The predicted octanol–water partition coefficient (Wildman–Crippen LogP) is 7.04. The number of aryl methyl sites for hydroxylation is 1. The quantitative estimate of drug-likeness (QED) is 0.222. The highest BCUT2D eigenvalue weighted by atomic mass is 79.9. The first kappa shape index (κ1) is 22.6.